The number of benzene rings is 1. The second-order valence-electron chi connectivity index (χ2n) is 4.93. The van der Waals surface area contributed by atoms with E-state index in [1.165, 1.54) is 0 Å². The number of carbonyl (C=O) groups is 2. The van der Waals surface area contributed by atoms with Crippen molar-refractivity contribution in [2.45, 2.75) is 32.2 Å². The molecule has 0 aromatic heterocycles. The minimum atomic E-state index is -0.782. The first-order valence-electron chi connectivity index (χ1n) is 6.28. The predicted molar refractivity (Wildman–Crippen MR) is 72.4 cm³/mol. The lowest BCUT2D eigenvalue weighted by Gasteiger charge is -2.14. The van der Waals surface area contributed by atoms with Crippen LogP contribution in [0.2, 0.25) is 5.02 Å². The summed E-state index contributed by atoms with van der Waals surface area (Å²) in [4.78, 5) is 23.0. The Hall–Kier alpha value is -1.55. The fourth-order valence-electron chi connectivity index (χ4n) is 2.45. The Morgan fingerprint density at radius 3 is 2.74 bits per heavy atom. The van der Waals surface area contributed by atoms with Gasteiger partial charge in [0.15, 0.2) is 0 Å². The SMILES string of the molecule is Cc1c(Cl)cccc1C(=O)N[C@@H]1CC[C@H](C(=O)O)C1. The molecule has 0 spiro atoms. The monoisotopic (exact) mass is 281 g/mol. The summed E-state index contributed by atoms with van der Waals surface area (Å²) in [6, 6.07) is 5.13. The normalized spacial score (nSPS) is 22.2. The van der Waals surface area contributed by atoms with Crippen molar-refractivity contribution in [1.82, 2.24) is 5.32 Å². The molecule has 102 valence electrons. The van der Waals surface area contributed by atoms with Gasteiger partial charge in [-0.1, -0.05) is 17.7 Å². The highest BCUT2D eigenvalue weighted by atomic mass is 35.5. The Balaban J connectivity index is 2.02. The first-order valence-corrected chi connectivity index (χ1v) is 6.65. The molecule has 0 radical (unpaired) electrons. The molecule has 1 fully saturated rings. The van der Waals surface area contributed by atoms with Gasteiger partial charge in [0.1, 0.15) is 0 Å². The third kappa shape index (κ3) is 3.07. The van der Waals surface area contributed by atoms with E-state index < -0.39 is 5.97 Å². The van der Waals surface area contributed by atoms with Crippen molar-refractivity contribution in [2.24, 2.45) is 5.92 Å². The van der Waals surface area contributed by atoms with E-state index >= 15 is 0 Å². The zero-order valence-corrected chi connectivity index (χ0v) is 11.4. The average molecular weight is 282 g/mol. The van der Waals surface area contributed by atoms with Gasteiger partial charge in [-0.25, -0.2) is 0 Å². The largest absolute Gasteiger partial charge is 0.481 e. The quantitative estimate of drug-likeness (QED) is 0.895. The molecule has 2 atom stereocenters. The summed E-state index contributed by atoms with van der Waals surface area (Å²) in [5.74, 6) is -1.31. The minimum absolute atomic E-state index is 0.0630. The van der Waals surface area contributed by atoms with Crippen LogP contribution < -0.4 is 5.32 Å². The van der Waals surface area contributed by atoms with Gasteiger partial charge in [0.2, 0.25) is 0 Å². The van der Waals surface area contributed by atoms with Gasteiger partial charge >= 0.3 is 5.97 Å². The first-order chi connectivity index (χ1) is 8.99. The Bertz CT molecular complexity index is 515. The molecule has 0 unspecified atom stereocenters. The molecular formula is C14H16ClNO3. The van der Waals surface area contributed by atoms with E-state index in [4.69, 9.17) is 16.7 Å². The number of hydrogen-bond acceptors (Lipinski definition) is 2. The van der Waals surface area contributed by atoms with Gasteiger partial charge in [0.25, 0.3) is 5.91 Å². The Labute approximate surface area is 116 Å². The number of halogens is 1. The average Bonchev–Trinajstić information content (AvgIpc) is 2.81. The van der Waals surface area contributed by atoms with Crippen LogP contribution in [-0.4, -0.2) is 23.0 Å². The molecule has 1 aliphatic carbocycles. The van der Waals surface area contributed by atoms with E-state index in [0.29, 0.717) is 29.8 Å². The summed E-state index contributed by atoms with van der Waals surface area (Å²) in [7, 11) is 0. The molecule has 1 amide bonds. The van der Waals surface area contributed by atoms with Crippen molar-refractivity contribution in [2.75, 3.05) is 0 Å². The van der Waals surface area contributed by atoms with Crippen molar-refractivity contribution < 1.29 is 14.7 Å². The molecule has 0 aliphatic heterocycles. The van der Waals surface area contributed by atoms with Crippen LogP contribution in [0.5, 0.6) is 0 Å². The maximum absolute atomic E-state index is 12.1. The van der Waals surface area contributed by atoms with Crippen LogP contribution >= 0.6 is 11.6 Å². The molecule has 2 N–H and O–H groups in total. The van der Waals surface area contributed by atoms with Crippen LogP contribution in [0.25, 0.3) is 0 Å². The molecule has 5 heteroatoms. The van der Waals surface area contributed by atoms with Gasteiger partial charge in [-0.3, -0.25) is 9.59 Å². The fraction of sp³-hybridized carbons (Fsp3) is 0.429. The van der Waals surface area contributed by atoms with Crippen LogP contribution in [0.1, 0.15) is 35.2 Å². The zero-order valence-electron chi connectivity index (χ0n) is 10.6. The number of nitrogens with one attached hydrogen (secondary N) is 1. The van der Waals surface area contributed by atoms with Crippen molar-refractivity contribution in [3.05, 3.63) is 34.3 Å². The molecule has 4 nitrogen and oxygen atoms in total. The highest BCUT2D eigenvalue weighted by molar-refractivity contribution is 6.31. The van der Waals surface area contributed by atoms with Crippen molar-refractivity contribution >= 4 is 23.5 Å². The summed E-state index contributed by atoms with van der Waals surface area (Å²) < 4.78 is 0. The topological polar surface area (TPSA) is 66.4 Å². The van der Waals surface area contributed by atoms with Gasteiger partial charge in [-0.2, -0.15) is 0 Å². The number of aliphatic carboxylic acids is 1. The molecule has 1 saturated carbocycles. The molecule has 1 aliphatic rings. The lowest BCUT2D eigenvalue weighted by molar-refractivity contribution is -0.141. The van der Waals surface area contributed by atoms with E-state index in [1.807, 2.05) is 0 Å². The van der Waals surface area contributed by atoms with Crippen molar-refractivity contribution in [1.29, 1.82) is 0 Å². The van der Waals surface area contributed by atoms with E-state index in [2.05, 4.69) is 5.32 Å². The molecule has 0 heterocycles. The van der Waals surface area contributed by atoms with Gasteiger partial charge in [0.05, 0.1) is 5.92 Å². The van der Waals surface area contributed by atoms with Crippen LogP contribution in [0.3, 0.4) is 0 Å². The third-order valence-corrected chi connectivity index (χ3v) is 4.04. The lowest BCUT2D eigenvalue weighted by atomic mass is 10.1. The Kier molecular flexibility index (Phi) is 4.10. The van der Waals surface area contributed by atoms with Gasteiger partial charge in [0, 0.05) is 16.6 Å². The Morgan fingerprint density at radius 1 is 1.37 bits per heavy atom. The Morgan fingerprint density at radius 2 is 2.11 bits per heavy atom. The number of carboxylic acid groups (broad SMARTS) is 1. The summed E-state index contributed by atoms with van der Waals surface area (Å²) >= 11 is 5.98. The second-order valence-corrected chi connectivity index (χ2v) is 5.34. The second kappa shape index (κ2) is 5.61. The van der Waals surface area contributed by atoms with Crippen LogP contribution in [0, 0.1) is 12.8 Å². The summed E-state index contributed by atoms with van der Waals surface area (Å²) in [6.45, 7) is 1.80. The molecule has 19 heavy (non-hydrogen) atoms. The maximum Gasteiger partial charge on any atom is 0.306 e. The van der Waals surface area contributed by atoms with E-state index in [9.17, 15) is 9.59 Å². The van der Waals surface area contributed by atoms with E-state index in [1.54, 1.807) is 25.1 Å². The number of rotatable bonds is 3. The smallest absolute Gasteiger partial charge is 0.306 e. The standard InChI is InChI=1S/C14H16ClNO3/c1-8-11(3-2-4-12(8)15)13(17)16-10-6-5-9(7-10)14(18)19/h2-4,9-10H,5-7H2,1H3,(H,16,17)(H,18,19)/t9-,10+/m0/s1. The lowest BCUT2D eigenvalue weighted by Crippen LogP contribution is -2.33. The molecule has 1 aromatic rings. The number of carboxylic acids is 1. The van der Waals surface area contributed by atoms with Crippen LogP contribution in [-0.2, 0) is 4.79 Å². The number of carbonyl (C=O) groups excluding carboxylic acids is 1. The minimum Gasteiger partial charge on any atom is -0.481 e. The third-order valence-electron chi connectivity index (χ3n) is 3.63. The molecular weight excluding hydrogens is 266 g/mol. The summed E-state index contributed by atoms with van der Waals surface area (Å²) in [5, 5.41) is 12.4. The number of amides is 1. The number of hydrogen-bond donors (Lipinski definition) is 2. The van der Waals surface area contributed by atoms with Crippen LogP contribution in [0.4, 0.5) is 0 Å². The highest BCUT2D eigenvalue weighted by Gasteiger charge is 2.30. The highest BCUT2D eigenvalue weighted by Crippen LogP contribution is 2.26. The first kappa shape index (κ1) is 13.9. The van der Waals surface area contributed by atoms with Gasteiger partial charge < -0.3 is 10.4 Å². The zero-order chi connectivity index (χ0) is 14.0. The molecule has 1 aromatic carbocycles. The van der Waals surface area contributed by atoms with E-state index in [0.717, 1.165) is 5.56 Å². The summed E-state index contributed by atoms with van der Waals surface area (Å²) in [5.41, 5.74) is 1.29. The van der Waals surface area contributed by atoms with Crippen LogP contribution in [0.15, 0.2) is 18.2 Å². The van der Waals surface area contributed by atoms with Gasteiger partial charge in [-0.15, -0.1) is 0 Å². The maximum atomic E-state index is 12.1. The molecule has 2 rings (SSSR count). The van der Waals surface area contributed by atoms with Crippen molar-refractivity contribution in [3.8, 4) is 0 Å². The van der Waals surface area contributed by atoms with E-state index in [-0.39, 0.29) is 17.9 Å². The van der Waals surface area contributed by atoms with Crippen molar-refractivity contribution in [3.63, 3.8) is 0 Å². The molecule has 0 bridgehead atoms. The molecule has 0 saturated heterocycles. The predicted octanol–water partition coefficient (Wildman–Crippen LogP) is 2.63. The fourth-order valence-corrected chi connectivity index (χ4v) is 2.63. The van der Waals surface area contributed by atoms with Gasteiger partial charge in [-0.05, 0) is 43.9 Å². The summed E-state index contributed by atoms with van der Waals surface area (Å²) in [6.07, 6.45) is 1.83.